The second-order valence-corrected chi connectivity index (χ2v) is 17.2. The largest absolute Gasteiger partial charge is 0.463 e. The summed E-state index contributed by atoms with van der Waals surface area (Å²) in [5.74, 6) is 3.62. The summed E-state index contributed by atoms with van der Waals surface area (Å²) in [4.78, 5) is 49.6. The number of hydrogen-bond donors (Lipinski definition) is 0. The Bertz CT molecular complexity index is 1400. The molecule has 4 saturated carbocycles. The highest BCUT2D eigenvalue weighted by Gasteiger charge is 2.36. The molecule has 0 unspecified atom stereocenters. The monoisotopic (exact) mass is 760 g/mol. The Morgan fingerprint density at radius 1 is 0.582 bits per heavy atom. The zero-order valence-electron chi connectivity index (χ0n) is 33.7. The van der Waals surface area contributed by atoms with E-state index < -0.39 is 0 Å². The molecule has 0 heterocycles. The van der Waals surface area contributed by atoms with Crippen LogP contribution in [-0.2, 0) is 35.1 Å². The van der Waals surface area contributed by atoms with E-state index >= 15 is 0 Å². The molecule has 5 rings (SSSR count). The number of benzene rings is 1. The van der Waals surface area contributed by atoms with Crippen molar-refractivity contribution in [1.29, 1.82) is 0 Å². The summed E-state index contributed by atoms with van der Waals surface area (Å²) >= 11 is 0. The fourth-order valence-electron chi connectivity index (χ4n) is 10.3. The number of carbonyl (C=O) groups is 4. The van der Waals surface area contributed by atoms with E-state index in [1.807, 2.05) is 18.2 Å². The summed E-state index contributed by atoms with van der Waals surface area (Å²) in [5.41, 5.74) is 1.08. The fourth-order valence-corrected chi connectivity index (χ4v) is 10.3. The van der Waals surface area contributed by atoms with Crippen LogP contribution in [0.4, 0.5) is 0 Å². The summed E-state index contributed by atoms with van der Waals surface area (Å²) in [5, 5.41) is 0. The quantitative estimate of drug-likeness (QED) is 0.0630. The lowest BCUT2D eigenvalue weighted by atomic mass is 9.68. The first-order valence-electron chi connectivity index (χ1n) is 21.9. The Kier molecular flexibility index (Phi) is 17.4. The lowest BCUT2D eigenvalue weighted by Crippen LogP contribution is -2.31. The van der Waals surface area contributed by atoms with Gasteiger partial charge in [0.1, 0.15) is 0 Å². The third kappa shape index (κ3) is 13.3. The van der Waals surface area contributed by atoms with Gasteiger partial charge < -0.3 is 18.9 Å². The Hall–Kier alpha value is -3.42. The van der Waals surface area contributed by atoms with E-state index in [1.165, 1.54) is 63.5 Å². The van der Waals surface area contributed by atoms with Crippen molar-refractivity contribution in [3.05, 3.63) is 49.1 Å². The van der Waals surface area contributed by atoms with Crippen LogP contribution in [0.2, 0.25) is 0 Å². The number of ether oxygens (including phenoxy) is 4. The molecular formula is C47H68O8. The molecule has 8 heteroatoms. The summed E-state index contributed by atoms with van der Waals surface area (Å²) in [6.07, 6.45) is 25.9. The van der Waals surface area contributed by atoms with E-state index in [0.717, 1.165) is 107 Å². The molecular weight excluding hydrogens is 693 g/mol. The van der Waals surface area contributed by atoms with Crippen molar-refractivity contribution in [2.75, 3.05) is 13.2 Å². The van der Waals surface area contributed by atoms with Gasteiger partial charge in [0, 0.05) is 12.2 Å². The van der Waals surface area contributed by atoms with Crippen LogP contribution < -0.4 is 9.47 Å². The zero-order chi connectivity index (χ0) is 39.0. The van der Waals surface area contributed by atoms with Gasteiger partial charge in [-0.25, -0.2) is 9.59 Å². The molecule has 0 bridgehead atoms. The van der Waals surface area contributed by atoms with Crippen LogP contribution in [0.25, 0.3) is 0 Å². The van der Waals surface area contributed by atoms with Gasteiger partial charge in [-0.05, 0) is 162 Å². The highest BCUT2D eigenvalue weighted by molar-refractivity contribution is 5.81. The Balaban J connectivity index is 1.03. The second kappa shape index (κ2) is 22.4. The predicted molar refractivity (Wildman–Crippen MR) is 214 cm³/mol. The Labute approximate surface area is 330 Å². The highest BCUT2D eigenvalue weighted by atomic mass is 16.6. The summed E-state index contributed by atoms with van der Waals surface area (Å²) in [7, 11) is 0. The highest BCUT2D eigenvalue weighted by Crippen LogP contribution is 2.44. The number of esters is 4. The van der Waals surface area contributed by atoms with E-state index in [0.29, 0.717) is 48.4 Å². The molecule has 4 aliphatic rings. The van der Waals surface area contributed by atoms with Gasteiger partial charge in [0.25, 0.3) is 0 Å². The van der Waals surface area contributed by atoms with Crippen molar-refractivity contribution in [2.24, 2.45) is 47.3 Å². The van der Waals surface area contributed by atoms with Crippen LogP contribution in [0, 0.1) is 47.3 Å². The van der Waals surface area contributed by atoms with Gasteiger partial charge >= 0.3 is 23.9 Å². The lowest BCUT2D eigenvalue weighted by molar-refractivity contribution is -0.143. The third-order valence-corrected chi connectivity index (χ3v) is 13.6. The van der Waals surface area contributed by atoms with Crippen molar-refractivity contribution in [2.45, 2.75) is 148 Å². The molecule has 0 radical (unpaired) electrons. The van der Waals surface area contributed by atoms with Crippen molar-refractivity contribution in [3.8, 4) is 11.5 Å². The molecule has 55 heavy (non-hydrogen) atoms. The molecule has 0 aliphatic heterocycles. The van der Waals surface area contributed by atoms with Gasteiger partial charge in [0.2, 0.25) is 0 Å². The predicted octanol–water partition coefficient (Wildman–Crippen LogP) is 10.7. The van der Waals surface area contributed by atoms with Crippen molar-refractivity contribution in [1.82, 2.24) is 0 Å². The molecule has 0 amide bonds. The van der Waals surface area contributed by atoms with E-state index in [2.05, 4.69) is 20.1 Å². The molecule has 0 atom stereocenters. The van der Waals surface area contributed by atoms with Crippen molar-refractivity contribution >= 4 is 23.9 Å². The van der Waals surface area contributed by atoms with E-state index in [-0.39, 0.29) is 35.7 Å². The standard InChI is InChI=1S/C47H68O8/c1-4-9-35-16-29-42(54-46(50)40-25-21-38(22-26-40)36-17-12-33(13-18-36)10-7-30-52-44(48)5-2)43(32-35)55-47(51)41-27-23-39(24-28-41)37-19-14-34(15-20-37)11-8-31-53-45(49)6-3/h5-6,16,29,32-34,36-41H,2-4,7-15,17-28,30-31H2,1H3. The maximum absolute atomic E-state index is 13.6. The second-order valence-electron chi connectivity index (χ2n) is 17.2. The van der Waals surface area contributed by atoms with Gasteiger partial charge in [-0.3, -0.25) is 9.59 Å². The maximum Gasteiger partial charge on any atom is 0.330 e. The average molecular weight is 761 g/mol. The van der Waals surface area contributed by atoms with E-state index in [4.69, 9.17) is 18.9 Å². The molecule has 4 fully saturated rings. The van der Waals surface area contributed by atoms with E-state index in [9.17, 15) is 19.2 Å². The number of aryl methyl sites for hydroxylation is 1. The molecule has 1 aromatic carbocycles. The van der Waals surface area contributed by atoms with Gasteiger partial charge in [-0.2, -0.15) is 0 Å². The van der Waals surface area contributed by atoms with Crippen LogP contribution in [0.1, 0.15) is 147 Å². The summed E-state index contributed by atoms with van der Waals surface area (Å²) in [6.45, 7) is 9.98. The first-order valence-corrected chi connectivity index (χ1v) is 21.9. The van der Waals surface area contributed by atoms with Crippen LogP contribution >= 0.6 is 0 Å². The SMILES string of the molecule is C=CC(=O)OCCCC1CCC(C2CCC(C(=O)Oc3ccc(CCC)cc3OC(=O)C3CCC(C4CCC(CCCOC(=O)C=C)CC4)CC3)CC2)CC1. The first kappa shape index (κ1) is 42.7. The fraction of sp³-hybridized carbons (Fsp3) is 0.702. The van der Waals surface area contributed by atoms with Crippen LogP contribution in [0.15, 0.2) is 43.5 Å². The molecule has 4 aliphatic carbocycles. The number of carbonyl (C=O) groups excluding carboxylic acids is 4. The molecule has 0 saturated heterocycles. The normalized spacial score (nSPS) is 28.3. The smallest absolute Gasteiger partial charge is 0.330 e. The maximum atomic E-state index is 13.6. The molecule has 0 spiro atoms. The van der Waals surface area contributed by atoms with Crippen LogP contribution in [-0.4, -0.2) is 37.1 Å². The first-order chi connectivity index (χ1) is 26.8. The summed E-state index contributed by atoms with van der Waals surface area (Å²) < 4.78 is 22.4. The van der Waals surface area contributed by atoms with Gasteiger partial charge in [0.15, 0.2) is 11.5 Å². The van der Waals surface area contributed by atoms with Crippen LogP contribution in [0.3, 0.4) is 0 Å². The molecule has 0 N–H and O–H groups in total. The number of hydrogen-bond acceptors (Lipinski definition) is 8. The molecule has 304 valence electrons. The Morgan fingerprint density at radius 2 is 0.982 bits per heavy atom. The molecule has 1 aromatic rings. The third-order valence-electron chi connectivity index (χ3n) is 13.6. The van der Waals surface area contributed by atoms with E-state index in [1.54, 1.807) is 0 Å². The molecule has 0 aromatic heterocycles. The van der Waals surface area contributed by atoms with Gasteiger partial charge in [-0.1, -0.05) is 58.3 Å². The number of rotatable bonds is 18. The average Bonchev–Trinajstić information content (AvgIpc) is 3.22. The lowest BCUT2D eigenvalue weighted by Gasteiger charge is -2.37. The van der Waals surface area contributed by atoms with Gasteiger partial charge in [-0.15, -0.1) is 0 Å². The Morgan fingerprint density at radius 3 is 1.38 bits per heavy atom. The summed E-state index contributed by atoms with van der Waals surface area (Å²) in [6, 6.07) is 5.71. The minimum Gasteiger partial charge on any atom is -0.463 e. The minimum atomic E-state index is -0.342. The van der Waals surface area contributed by atoms with Crippen molar-refractivity contribution < 1.29 is 38.1 Å². The molecule has 8 nitrogen and oxygen atoms in total. The van der Waals surface area contributed by atoms with Crippen molar-refractivity contribution in [3.63, 3.8) is 0 Å². The van der Waals surface area contributed by atoms with Crippen LogP contribution in [0.5, 0.6) is 11.5 Å². The topological polar surface area (TPSA) is 105 Å². The van der Waals surface area contributed by atoms with Gasteiger partial charge in [0.05, 0.1) is 25.0 Å². The minimum absolute atomic E-state index is 0.128. The zero-order valence-corrected chi connectivity index (χ0v) is 33.7.